The molecule has 1 aliphatic carbocycles. The molecule has 0 saturated carbocycles. The highest BCUT2D eigenvalue weighted by Gasteiger charge is 2.50. The number of aliphatic hydroxyl groups is 1. The fraction of sp³-hybridized carbons (Fsp3) is 0.241. The number of ether oxygens (including phenoxy) is 2. The number of hydrogen-bond donors (Lipinski definition) is 2. The summed E-state index contributed by atoms with van der Waals surface area (Å²) in [6.45, 7) is 1.73. The van der Waals surface area contributed by atoms with Gasteiger partial charge in [-0.05, 0) is 24.6 Å². The minimum Gasteiger partial charge on any atom is -0.493 e. The Balaban J connectivity index is 1.76. The van der Waals surface area contributed by atoms with Gasteiger partial charge in [-0.25, -0.2) is 0 Å². The molecule has 0 fully saturated rings. The second-order valence-electron chi connectivity index (χ2n) is 9.16. The minimum absolute atomic E-state index is 0.110. The van der Waals surface area contributed by atoms with Crippen molar-refractivity contribution in [1.82, 2.24) is 10.2 Å². The minimum atomic E-state index is -1.31. The summed E-state index contributed by atoms with van der Waals surface area (Å²) in [7, 11) is 3.18. The van der Waals surface area contributed by atoms with E-state index in [0.29, 0.717) is 17.1 Å². The van der Waals surface area contributed by atoms with Crippen molar-refractivity contribution in [3.8, 4) is 22.8 Å². The van der Waals surface area contributed by atoms with Crippen LogP contribution in [0.25, 0.3) is 11.3 Å². The zero-order chi connectivity index (χ0) is 24.6. The number of fused-ring (bicyclic) bond motifs is 1. The van der Waals surface area contributed by atoms with Gasteiger partial charge in [0.2, 0.25) is 0 Å². The number of Topliss-reactive ketones (excluding diaryl/α,β-unsaturated/α-hetero) is 1. The molecule has 1 aromatic heterocycles. The maximum absolute atomic E-state index is 14.0. The number of nitrogens with one attached hydrogen (secondary N) is 1. The SMILES string of the molecule is COc1ccc(C2c3c(-c4ccccc4)n[nH]c3CC(C)(O)C2C(=O)c2ccccc2)cc1OC. The van der Waals surface area contributed by atoms with Crippen molar-refractivity contribution in [2.75, 3.05) is 14.2 Å². The van der Waals surface area contributed by atoms with Crippen molar-refractivity contribution in [1.29, 1.82) is 0 Å². The Morgan fingerprint density at radius 2 is 1.63 bits per heavy atom. The molecule has 0 amide bonds. The van der Waals surface area contributed by atoms with Crippen LogP contribution in [-0.2, 0) is 6.42 Å². The van der Waals surface area contributed by atoms with E-state index in [1.165, 1.54) is 0 Å². The van der Waals surface area contributed by atoms with Crippen LogP contribution < -0.4 is 9.47 Å². The number of hydrogen-bond acceptors (Lipinski definition) is 5. The summed E-state index contributed by atoms with van der Waals surface area (Å²) in [5.74, 6) is -0.153. The number of ketones is 1. The van der Waals surface area contributed by atoms with Crippen LogP contribution in [0, 0.1) is 5.92 Å². The van der Waals surface area contributed by atoms with Gasteiger partial charge in [-0.2, -0.15) is 5.10 Å². The Morgan fingerprint density at radius 3 is 2.29 bits per heavy atom. The van der Waals surface area contributed by atoms with Gasteiger partial charge in [-0.1, -0.05) is 66.7 Å². The first kappa shape index (κ1) is 22.9. The van der Waals surface area contributed by atoms with Crippen LogP contribution in [0.15, 0.2) is 78.9 Å². The van der Waals surface area contributed by atoms with E-state index in [2.05, 4.69) is 10.2 Å². The third kappa shape index (κ3) is 4.00. The van der Waals surface area contributed by atoms with Crippen LogP contribution in [0.2, 0.25) is 0 Å². The molecule has 0 radical (unpaired) electrons. The van der Waals surface area contributed by atoms with Crippen molar-refractivity contribution in [3.63, 3.8) is 0 Å². The summed E-state index contributed by atoms with van der Waals surface area (Å²) in [6, 6.07) is 24.7. The largest absolute Gasteiger partial charge is 0.493 e. The highest BCUT2D eigenvalue weighted by molar-refractivity contribution is 6.00. The van der Waals surface area contributed by atoms with E-state index in [1.54, 1.807) is 33.3 Å². The average Bonchev–Trinajstić information content (AvgIpc) is 3.30. The van der Waals surface area contributed by atoms with Crippen molar-refractivity contribution in [2.45, 2.75) is 24.9 Å². The molecular formula is C29H28N2O4. The molecule has 3 unspecified atom stereocenters. The zero-order valence-corrected chi connectivity index (χ0v) is 20.0. The second kappa shape index (κ2) is 9.04. The maximum Gasteiger partial charge on any atom is 0.169 e. The van der Waals surface area contributed by atoms with Crippen molar-refractivity contribution in [3.05, 3.63) is 101 Å². The van der Waals surface area contributed by atoms with Gasteiger partial charge in [-0.3, -0.25) is 9.89 Å². The van der Waals surface area contributed by atoms with Gasteiger partial charge in [0, 0.05) is 34.7 Å². The van der Waals surface area contributed by atoms with Crippen molar-refractivity contribution < 1.29 is 19.4 Å². The molecule has 0 saturated heterocycles. The number of carbonyl (C=O) groups is 1. The molecule has 6 nitrogen and oxygen atoms in total. The van der Waals surface area contributed by atoms with Crippen molar-refractivity contribution >= 4 is 5.78 Å². The molecule has 178 valence electrons. The summed E-state index contributed by atoms with van der Waals surface area (Å²) >= 11 is 0. The van der Waals surface area contributed by atoms with Gasteiger partial charge in [0.1, 0.15) is 0 Å². The summed E-state index contributed by atoms with van der Waals surface area (Å²) in [5, 5.41) is 19.5. The van der Waals surface area contributed by atoms with E-state index in [9.17, 15) is 9.90 Å². The lowest BCUT2D eigenvalue weighted by molar-refractivity contribution is -0.00736. The second-order valence-corrected chi connectivity index (χ2v) is 9.16. The van der Waals surface area contributed by atoms with E-state index in [1.807, 2.05) is 66.7 Å². The number of methoxy groups -OCH3 is 2. The third-order valence-corrected chi connectivity index (χ3v) is 6.89. The predicted molar refractivity (Wildman–Crippen MR) is 134 cm³/mol. The quantitative estimate of drug-likeness (QED) is 0.388. The standard InChI is InChI=1S/C29H28N2O4/c1-29(33)17-21-25(27(31-30-21)18-10-6-4-7-11-18)24(20-14-15-22(34-2)23(16-20)35-3)26(29)28(32)19-12-8-5-9-13-19/h4-16,24,26,33H,17H2,1-3H3,(H,30,31). The Morgan fingerprint density at radius 1 is 0.971 bits per heavy atom. The van der Waals surface area contributed by atoms with Crippen LogP contribution in [0.5, 0.6) is 11.5 Å². The number of benzene rings is 3. The van der Waals surface area contributed by atoms with Crippen LogP contribution >= 0.6 is 0 Å². The Kier molecular flexibility index (Phi) is 5.91. The lowest BCUT2D eigenvalue weighted by atomic mass is 9.63. The summed E-state index contributed by atoms with van der Waals surface area (Å²) in [4.78, 5) is 14.0. The third-order valence-electron chi connectivity index (χ3n) is 6.89. The highest BCUT2D eigenvalue weighted by atomic mass is 16.5. The summed E-state index contributed by atoms with van der Waals surface area (Å²) in [6.07, 6.45) is 0.287. The normalized spacial score (nSPS) is 21.3. The van der Waals surface area contributed by atoms with Crippen LogP contribution in [0.3, 0.4) is 0 Å². The molecule has 3 aromatic carbocycles. The number of H-pyrrole nitrogens is 1. The lowest BCUT2D eigenvalue weighted by Crippen LogP contribution is -2.48. The Hall–Kier alpha value is -3.90. The van der Waals surface area contributed by atoms with E-state index < -0.39 is 17.4 Å². The molecular weight excluding hydrogens is 440 g/mol. The number of nitrogens with zero attached hydrogens (tertiary/aromatic N) is 1. The molecule has 3 atom stereocenters. The van der Waals surface area contributed by atoms with Gasteiger partial charge in [0.25, 0.3) is 0 Å². The molecule has 0 aliphatic heterocycles. The Bertz CT molecular complexity index is 1350. The van der Waals surface area contributed by atoms with Gasteiger partial charge < -0.3 is 14.6 Å². The molecule has 5 rings (SSSR count). The molecule has 35 heavy (non-hydrogen) atoms. The van der Waals surface area contributed by atoms with Crippen LogP contribution in [0.1, 0.15) is 40.0 Å². The zero-order valence-electron chi connectivity index (χ0n) is 20.0. The van der Waals surface area contributed by atoms with E-state index >= 15 is 0 Å². The van der Waals surface area contributed by atoms with Gasteiger partial charge in [0.05, 0.1) is 31.4 Å². The molecule has 2 N–H and O–H groups in total. The first-order chi connectivity index (χ1) is 16.9. The predicted octanol–water partition coefficient (Wildman–Crippen LogP) is 5.03. The first-order valence-corrected chi connectivity index (χ1v) is 11.6. The number of aromatic nitrogens is 2. The molecule has 0 spiro atoms. The summed E-state index contributed by atoms with van der Waals surface area (Å²) in [5.41, 5.74) is 3.57. The summed E-state index contributed by atoms with van der Waals surface area (Å²) < 4.78 is 11.0. The van der Waals surface area contributed by atoms with Gasteiger partial charge in [0.15, 0.2) is 17.3 Å². The van der Waals surface area contributed by atoms with Gasteiger partial charge in [-0.15, -0.1) is 0 Å². The number of rotatable bonds is 6. The Labute approximate surface area is 204 Å². The number of carbonyl (C=O) groups excluding carboxylic acids is 1. The highest BCUT2D eigenvalue weighted by Crippen LogP contribution is 2.50. The molecule has 1 heterocycles. The van der Waals surface area contributed by atoms with Crippen LogP contribution in [-0.4, -0.2) is 40.9 Å². The van der Waals surface area contributed by atoms with E-state index in [4.69, 9.17) is 9.47 Å². The first-order valence-electron chi connectivity index (χ1n) is 11.6. The lowest BCUT2D eigenvalue weighted by Gasteiger charge is -2.42. The fourth-order valence-electron chi connectivity index (χ4n) is 5.29. The maximum atomic E-state index is 14.0. The van der Waals surface area contributed by atoms with Gasteiger partial charge >= 0.3 is 0 Å². The van der Waals surface area contributed by atoms with E-state index in [-0.39, 0.29) is 12.2 Å². The topological polar surface area (TPSA) is 84.4 Å². The average molecular weight is 469 g/mol. The smallest absolute Gasteiger partial charge is 0.169 e. The monoisotopic (exact) mass is 468 g/mol. The van der Waals surface area contributed by atoms with E-state index in [0.717, 1.165) is 28.1 Å². The molecule has 1 aliphatic rings. The number of aromatic amines is 1. The van der Waals surface area contributed by atoms with Crippen molar-refractivity contribution in [2.24, 2.45) is 5.92 Å². The molecule has 0 bridgehead atoms. The molecule has 4 aromatic rings. The fourth-order valence-corrected chi connectivity index (χ4v) is 5.29. The molecule has 6 heteroatoms. The van der Waals surface area contributed by atoms with Crippen LogP contribution in [0.4, 0.5) is 0 Å².